The molecule has 0 heterocycles. The van der Waals surface area contributed by atoms with Gasteiger partial charge in [-0.25, -0.2) is 4.39 Å². The van der Waals surface area contributed by atoms with Crippen LogP contribution in [0.3, 0.4) is 0 Å². The summed E-state index contributed by atoms with van der Waals surface area (Å²) in [6.07, 6.45) is 0. The van der Waals surface area contributed by atoms with Crippen LogP contribution in [0.1, 0.15) is 5.56 Å². The maximum Gasteiger partial charge on any atom is 0.129 e. The van der Waals surface area contributed by atoms with Crippen LogP contribution < -0.4 is 5.73 Å². The molecule has 3 heteroatoms. The Hall–Kier alpha value is -2.00. The number of rotatable bonds is 3. The van der Waals surface area contributed by atoms with Gasteiger partial charge in [-0.2, -0.15) is 0 Å². The summed E-state index contributed by atoms with van der Waals surface area (Å²) in [6.45, 7) is 0. The van der Waals surface area contributed by atoms with E-state index >= 15 is 0 Å². The molecule has 0 fully saturated rings. The molecule has 0 aliphatic heterocycles. The minimum absolute atomic E-state index is 0.238. The summed E-state index contributed by atoms with van der Waals surface area (Å²) < 4.78 is 13.7. The minimum Gasteiger partial charge on any atom is -0.398 e. The van der Waals surface area contributed by atoms with Crippen molar-refractivity contribution in [3.63, 3.8) is 0 Å². The molecule has 0 amide bonds. The molecule has 0 atom stereocenters. The van der Waals surface area contributed by atoms with E-state index in [0.29, 0.717) is 17.0 Å². The molecule has 0 radical (unpaired) electrons. The Morgan fingerprint density at radius 1 is 0.900 bits per heavy atom. The second-order valence-electron chi connectivity index (χ2n) is 4.61. The molecule has 20 heavy (non-hydrogen) atoms. The largest absolute Gasteiger partial charge is 0.398 e. The van der Waals surface area contributed by atoms with Crippen molar-refractivity contribution in [1.82, 2.24) is 0 Å². The fourth-order valence-electron chi connectivity index (χ4n) is 2.14. The lowest BCUT2D eigenvalue weighted by Gasteiger charge is -2.07. The maximum absolute atomic E-state index is 13.7. The van der Waals surface area contributed by atoms with E-state index in [0.717, 1.165) is 4.90 Å². The van der Waals surface area contributed by atoms with Gasteiger partial charge in [0.15, 0.2) is 0 Å². The molecule has 0 unspecified atom stereocenters. The number of hydrogen-bond acceptors (Lipinski definition) is 2. The number of thioether (sulfide) groups is 1. The summed E-state index contributed by atoms with van der Waals surface area (Å²) in [7, 11) is 0. The molecule has 0 aliphatic carbocycles. The van der Waals surface area contributed by atoms with Gasteiger partial charge in [-0.05, 0) is 35.0 Å². The van der Waals surface area contributed by atoms with E-state index < -0.39 is 0 Å². The first-order valence-corrected chi connectivity index (χ1v) is 7.37. The molecule has 0 aromatic heterocycles. The zero-order chi connectivity index (χ0) is 13.9. The third kappa shape index (κ3) is 2.63. The van der Waals surface area contributed by atoms with Crippen LogP contribution in [0.2, 0.25) is 0 Å². The summed E-state index contributed by atoms with van der Waals surface area (Å²) in [5.74, 6) is 0.301. The van der Waals surface area contributed by atoms with Crippen LogP contribution in [0.5, 0.6) is 0 Å². The van der Waals surface area contributed by atoms with Crippen LogP contribution in [-0.4, -0.2) is 0 Å². The number of nitrogens with two attached hydrogens (primary N) is 1. The highest BCUT2D eigenvalue weighted by atomic mass is 32.2. The maximum atomic E-state index is 13.7. The summed E-state index contributed by atoms with van der Waals surface area (Å²) in [5, 5.41) is 2.40. The minimum atomic E-state index is -0.238. The second-order valence-corrected chi connectivity index (χ2v) is 5.65. The third-order valence-corrected chi connectivity index (χ3v) is 4.28. The fraction of sp³-hybridized carbons (Fsp3) is 0.0588. The predicted molar refractivity (Wildman–Crippen MR) is 84.3 cm³/mol. The van der Waals surface area contributed by atoms with E-state index in [9.17, 15) is 4.39 Å². The lowest BCUT2D eigenvalue weighted by atomic mass is 10.1. The highest BCUT2D eigenvalue weighted by Gasteiger charge is 2.06. The molecule has 2 N–H and O–H groups in total. The molecular weight excluding hydrogens is 269 g/mol. The zero-order valence-corrected chi connectivity index (χ0v) is 11.7. The van der Waals surface area contributed by atoms with Gasteiger partial charge in [0.25, 0.3) is 0 Å². The molecule has 3 aromatic rings. The number of benzene rings is 3. The fourth-order valence-corrected chi connectivity index (χ4v) is 3.13. The Kier molecular flexibility index (Phi) is 3.61. The van der Waals surface area contributed by atoms with E-state index in [1.165, 1.54) is 16.8 Å². The first-order chi connectivity index (χ1) is 9.74. The molecule has 3 rings (SSSR count). The zero-order valence-electron chi connectivity index (χ0n) is 10.8. The summed E-state index contributed by atoms with van der Waals surface area (Å²) in [6, 6.07) is 19.3. The topological polar surface area (TPSA) is 26.0 Å². The van der Waals surface area contributed by atoms with Gasteiger partial charge < -0.3 is 5.73 Å². The number of fused-ring (bicyclic) bond motifs is 1. The van der Waals surface area contributed by atoms with Gasteiger partial charge in [0, 0.05) is 21.9 Å². The van der Waals surface area contributed by atoms with Gasteiger partial charge in [0.2, 0.25) is 0 Å². The van der Waals surface area contributed by atoms with Crippen molar-refractivity contribution in [2.75, 3.05) is 5.73 Å². The summed E-state index contributed by atoms with van der Waals surface area (Å²) in [4.78, 5) is 1.12. The molecule has 3 aromatic carbocycles. The molecule has 0 spiro atoms. The monoisotopic (exact) mass is 283 g/mol. The molecule has 0 bridgehead atoms. The molecule has 0 aliphatic rings. The number of anilines is 1. The molecule has 1 nitrogen and oxygen atoms in total. The number of hydrogen-bond donors (Lipinski definition) is 1. The lowest BCUT2D eigenvalue weighted by Crippen LogP contribution is -1.96. The Morgan fingerprint density at radius 2 is 1.70 bits per heavy atom. The van der Waals surface area contributed by atoms with E-state index in [2.05, 4.69) is 30.3 Å². The third-order valence-electron chi connectivity index (χ3n) is 3.26. The smallest absolute Gasteiger partial charge is 0.129 e. The quantitative estimate of drug-likeness (QED) is 0.549. The summed E-state index contributed by atoms with van der Waals surface area (Å²) in [5.41, 5.74) is 6.91. The standard InChI is InChI=1S/C17H14FNS/c18-16-6-3-7-17(19)15(16)11-20-14-9-8-12-4-1-2-5-13(12)10-14/h1-10H,11,19H2. The highest BCUT2D eigenvalue weighted by Crippen LogP contribution is 2.29. The van der Waals surface area contributed by atoms with Crippen molar-refractivity contribution in [2.45, 2.75) is 10.6 Å². The molecule has 0 saturated heterocycles. The second kappa shape index (κ2) is 5.55. The van der Waals surface area contributed by atoms with Crippen LogP contribution in [0, 0.1) is 5.82 Å². The lowest BCUT2D eigenvalue weighted by molar-refractivity contribution is 0.618. The first-order valence-electron chi connectivity index (χ1n) is 6.38. The average Bonchev–Trinajstić information content (AvgIpc) is 2.46. The Morgan fingerprint density at radius 3 is 2.50 bits per heavy atom. The molecular formula is C17H14FNS. The van der Waals surface area contributed by atoms with Crippen molar-refractivity contribution in [3.8, 4) is 0 Å². The van der Waals surface area contributed by atoms with Crippen LogP contribution in [-0.2, 0) is 5.75 Å². The molecule has 100 valence electrons. The van der Waals surface area contributed by atoms with E-state index in [1.54, 1.807) is 23.9 Å². The van der Waals surface area contributed by atoms with E-state index in [1.807, 2.05) is 12.1 Å². The molecule has 0 saturated carbocycles. The van der Waals surface area contributed by atoms with Crippen molar-refractivity contribution < 1.29 is 4.39 Å². The Balaban J connectivity index is 1.83. The van der Waals surface area contributed by atoms with Gasteiger partial charge in [0.05, 0.1) is 0 Å². The van der Waals surface area contributed by atoms with Crippen molar-refractivity contribution in [2.24, 2.45) is 0 Å². The van der Waals surface area contributed by atoms with Gasteiger partial charge in [-0.3, -0.25) is 0 Å². The number of halogens is 1. The van der Waals surface area contributed by atoms with E-state index in [-0.39, 0.29) is 5.82 Å². The highest BCUT2D eigenvalue weighted by molar-refractivity contribution is 7.98. The summed E-state index contributed by atoms with van der Waals surface area (Å²) >= 11 is 1.60. The Labute approximate surface area is 121 Å². The average molecular weight is 283 g/mol. The van der Waals surface area contributed by atoms with Crippen LogP contribution in [0.15, 0.2) is 65.6 Å². The Bertz CT molecular complexity index is 735. The van der Waals surface area contributed by atoms with Gasteiger partial charge in [-0.15, -0.1) is 11.8 Å². The van der Waals surface area contributed by atoms with Crippen LogP contribution >= 0.6 is 11.8 Å². The van der Waals surface area contributed by atoms with Crippen LogP contribution in [0.25, 0.3) is 10.8 Å². The van der Waals surface area contributed by atoms with Crippen LogP contribution in [0.4, 0.5) is 10.1 Å². The van der Waals surface area contributed by atoms with Gasteiger partial charge >= 0.3 is 0 Å². The van der Waals surface area contributed by atoms with Crippen molar-refractivity contribution in [3.05, 3.63) is 72.0 Å². The normalized spacial score (nSPS) is 10.8. The van der Waals surface area contributed by atoms with Crippen molar-refractivity contribution >= 4 is 28.2 Å². The number of nitrogen functional groups attached to an aromatic ring is 1. The van der Waals surface area contributed by atoms with Crippen molar-refractivity contribution in [1.29, 1.82) is 0 Å². The predicted octanol–water partition coefficient (Wildman–Crippen LogP) is 4.85. The van der Waals surface area contributed by atoms with E-state index in [4.69, 9.17) is 5.73 Å². The van der Waals surface area contributed by atoms with Gasteiger partial charge in [0.1, 0.15) is 5.82 Å². The SMILES string of the molecule is Nc1cccc(F)c1CSc1ccc2ccccc2c1. The van der Waals surface area contributed by atoms with Gasteiger partial charge in [-0.1, -0.05) is 36.4 Å². The first kappa shape index (κ1) is 13.0.